The first-order valence-electron chi connectivity index (χ1n) is 6.06. The van der Waals surface area contributed by atoms with Gasteiger partial charge in [0.25, 0.3) is 0 Å². The SMILES string of the molecule is Cc1nc(CNC(=O)N[C@H](C)Cn2cccn2)cs1. The number of carbonyl (C=O) groups is 1. The molecule has 0 aliphatic carbocycles. The molecule has 0 bridgehead atoms. The van der Waals surface area contributed by atoms with Gasteiger partial charge in [-0.05, 0) is 19.9 Å². The summed E-state index contributed by atoms with van der Waals surface area (Å²) in [7, 11) is 0. The summed E-state index contributed by atoms with van der Waals surface area (Å²) >= 11 is 1.58. The van der Waals surface area contributed by atoms with Crippen LogP contribution in [0.1, 0.15) is 17.6 Å². The summed E-state index contributed by atoms with van der Waals surface area (Å²) in [6.07, 6.45) is 3.59. The maximum absolute atomic E-state index is 11.7. The normalized spacial score (nSPS) is 12.1. The first kappa shape index (κ1) is 13.5. The maximum Gasteiger partial charge on any atom is 0.315 e. The molecule has 2 amide bonds. The highest BCUT2D eigenvalue weighted by molar-refractivity contribution is 7.09. The maximum atomic E-state index is 11.7. The number of hydrogen-bond donors (Lipinski definition) is 2. The summed E-state index contributed by atoms with van der Waals surface area (Å²) in [4.78, 5) is 16.0. The molecule has 0 radical (unpaired) electrons. The van der Waals surface area contributed by atoms with Gasteiger partial charge in [0.15, 0.2) is 0 Å². The summed E-state index contributed by atoms with van der Waals surface area (Å²) in [6.45, 7) is 4.98. The number of nitrogens with one attached hydrogen (secondary N) is 2. The molecule has 0 saturated heterocycles. The lowest BCUT2D eigenvalue weighted by molar-refractivity contribution is 0.235. The number of thiazole rings is 1. The summed E-state index contributed by atoms with van der Waals surface area (Å²) in [5.74, 6) is 0. The summed E-state index contributed by atoms with van der Waals surface area (Å²) in [5, 5.41) is 12.7. The van der Waals surface area contributed by atoms with Gasteiger partial charge in [-0.2, -0.15) is 5.10 Å². The van der Waals surface area contributed by atoms with Crippen LogP contribution in [0.4, 0.5) is 4.79 Å². The van der Waals surface area contributed by atoms with E-state index in [-0.39, 0.29) is 12.1 Å². The van der Waals surface area contributed by atoms with Gasteiger partial charge in [-0.25, -0.2) is 9.78 Å². The molecule has 0 unspecified atom stereocenters. The van der Waals surface area contributed by atoms with Gasteiger partial charge < -0.3 is 10.6 Å². The molecule has 2 aromatic rings. The third-order valence-electron chi connectivity index (χ3n) is 2.49. The van der Waals surface area contributed by atoms with Crippen molar-refractivity contribution >= 4 is 17.4 Å². The highest BCUT2D eigenvalue weighted by Gasteiger charge is 2.08. The van der Waals surface area contributed by atoms with Crippen LogP contribution in [-0.2, 0) is 13.1 Å². The molecule has 2 heterocycles. The number of hydrogen-bond acceptors (Lipinski definition) is 4. The molecule has 2 aromatic heterocycles. The van der Waals surface area contributed by atoms with E-state index < -0.39 is 0 Å². The van der Waals surface area contributed by atoms with E-state index in [0.717, 1.165) is 10.7 Å². The van der Waals surface area contributed by atoms with Crippen LogP contribution in [-0.4, -0.2) is 26.8 Å². The average molecular weight is 279 g/mol. The van der Waals surface area contributed by atoms with Gasteiger partial charge in [0, 0.05) is 23.8 Å². The van der Waals surface area contributed by atoms with Crippen molar-refractivity contribution in [3.05, 3.63) is 34.5 Å². The van der Waals surface area contributed by atoms with Crippen molar-refractivity contribution in [2.75, 3.05) is 0 Å². The number of amides is 2. The number of nitrogens with zero attached hydrogens (tertiary/aromatic N) is 3. The van der Waals surface area contributed by atoms with E-state index in [0.29, 0.717) is 13.1 Å². The standard InChI is InChI=1S/C12H17N5OS/c1-9(7-17-5-3-4-14-17)15-12(18)13-6-11-8-19-10(2)16-11/h3-5,8-9H,6-7H2,1-2H3,(H2,13,15,18)/t9-/m1/s1. The molecule has 2 N–H and O–H groups in total. The fraction of sp³-hybridized carbons (Fsp3) is 0.417. The Morgan fingerprint density at radius 3 is 3.05 bits per heavy atom. The Kier molecular flexibility index (Phi) is 4.51. The minimum atomic E-state index is -0.190. The quantitative estimate of drug-likeness (QED) is 0.872. The minimum Gasteiger partial charge on any atom is -0.334 e. The molecule has 1 atom stereocenters. The third-order valence-corrected chi connectivity index (χ3v) is 3.32. The molecule has 6 nitrogen and oxygen atoms in total. The van der Waals surface area contributed by atoms with Crippen LogP contribution in [0.25, 0.3) is 0 Å². The Hall–Kier alpha value is -1.89. The van der Waals surface area contributed by atoms with E-state index in [1.165, 1.54) is 0 Å². The zero-order valence-electron chi connectivity index (χ0n) is 11.0. The Bertz CT molecular complexity index is 522. The Labute approximate surface area is 115 Å². The minimum absolute atomic E-state index is 0.0112. The van der Waals surface area contributed by atoms with Crippen LogP contribution in [0.3, 0.4) is 0 Å². The van der Waals surface area contributed by atoms with Gasteiger partial charge in [0.05, 0.1) is 23.8 Å². The Balaban J connectivity index is 1.71. The van der Waals surface area contributed by atoms with Crippen LogP contribution < -0.4 is 10.6 Å². The molecule has 2 rings (SSSR count). The first-order chi connectivity index (χ1) is 9.13. The van der Waals surface area contributed by atoms with Gasteiger partial charge in [-0.3, -0.25) is 4.68 Å². The summed E-state index contributed by atoms with van der Waals surface area (Å²) in [5.41, 5.74) is 0.886. The monoisotopic (exact) mass is 279 g/mol. The number of aromatic nitrogens is 3. The van der Waals surface area contributed by atoms with Crippen molar-refractivity contribution in [3.8, 4) is 0 Å². The fourth-order valence-corrected chi connectivity index (χ4v) is 2.28. The largest absolute Gasteiger partial charge is 0.334 e. The average Bonchev–Trinajstić information content (AvgIpc) is 2.98. The molecule has 0 spiro atoms. The lowest BCUT2D eigenvalue weighted by atomic mass is 10.3. The summed E-state index contributed by atoms with van der Waals surface area (Å²) in [6, 6.07) is 1.68. The van der Waals surface area contributed by atoms with Crippen LogP contribution in [0.15, 0.2) is 23.8 Å². The van der Waals surface area contributed by atoms with Crippen molar-refractivity contribution in [1.29, 1.82) is 0 Å². The van der Waals surface area contributed by atoms with Crippen molar-refractivity contribution in [3.63, 3.8) is 0 Å². The van der Waals surface area contributed by atoms with Crippen molar-refractivity contribution in [2.24, 2.45) is 0 Å². The van der Waals surface area contributed by atoms with Crippen LogP contribution in [0, 0.1) is 6.92 Å². The molecule has 0 saturated carbocycles. The zero-order chi connectivity index (χ0) is 13.7. The second-order valence-corrected chi connectivity index (χ2v) is 5.38. The van der Waals surface area contributed by atoms with E-state index in [1.54, 1.807) is 22.2 Å². The molecule has 7 heteroatoms. The number of rotatable bonds is 5. The topological polar surface area (TPSA) is 71.8 Å². The van der Waals surface area contributed by atoms with Gasteiger partial charge in [-0.15, -0.1) is 11.3 Å². The number of aryl methyl sites for hydroxylation is 1. The molecule has 0 aliphatic rings. The smallest absolute Gasteiger partial charge is 0.315 e. The van der Waals surface area contributed by atoms with Gasteiger partial charge in [0.1, 0.15) is 0 Å². The summed E-state index contributed by atoms with van der Waals surface area (Å²) < 4.78 is 1.79. The molecule has 102 valence electrons. The van der Waals surface area contributed by atoms with E-state index >= 15 is 0 Å². The van der Waals surface area contributed by atoms with Crippen LogP contribution >= 0.6 is 11.3 Å². The van der Waals surface area contributed by atoms with Gasteiger partial charge in [0.2, 0.25) is 0 Å². The van der Waals surface area contributed by atoms with Crippen molar-refractivity contribution in [1.82, 2.24) is 25.4 Å². The molecule has 0 fully saturated rings. The molecule has 0 aliphatic heterocycles. The Morgan fingerprint density at radius 2 is 2.42 bits per heavy atom. The fourth-order valence-electron chi connectivity index (χ4n) is 1.67. The Morgan fingerprint density at radius 1 is 1.58 bits per heavy atom. The van der Waals surface area contributed by atoms with E-state index in [2.05, 4.69) is 20.7 Å². The number of carbonyl (C=O) groups excluding carboxylic acids is 1. The zero-order valence-corrected chi connectivity index (χ0v) is 11.8. The highest BCUT2D eigenvalue weighted by atomic mass is 32.1. The molecular formula is C12H17N5OS. The molecule has 0 aromatic carbocycles. The van der Waals surface area contributed by atoms with Crippen LogP contribution in [0.2, 0.25) is 0 Å². The van der Waals surface area contributed by atoms with Gasteiger partial charge in [-0.1, -0.05) is 0 Å². The predicted molar refractivity (Wildman–Crippen MR) is 73.9 cm³/mol. The first-order valence-corrected chi connectivity index (χ1v) is 6.94. The van der Waals surface area contributed by atoms with Crippen molar-refractivity contribution in [2.45, 2.75) is 33.0 Å². The van der Waals surface area contributed by atoms with E-state index in [9.17, 15) is 4.79 Å². The van der Waals surface area contributed by atoms with Crippen LogP contribution in [0.5, 0.6) is 0 Å². The second-order valence-electron chi connectivity index (χ2n) is 4.31. The lowest BCUT2D eigenvalue weighted by Gasteiger charge is -2.14. The third kappa shape index (κ3) is 4.36. The van der Waals surface area contributed by atoms with E-state index in [4.69, 9.17) is 0 Å². The molecular weight excluding hydrogens is 262 g/mol. The van der Waals surface area contributed by atoms with E-state index in [1.807, 2.05) is 31.5 Å². The second kappa shape index (κ2) is 6.33. The van der Waals surface area contributed by atoms with Crippen molar-refractivity contribution < 1.29 is 4.79 Å². The number of urea groups is 1. The van der Waals surface area contributed by atoms with Gasteiger partial charge >= 0.3 is 6.03 Å². The lowest BCUT2D eigenvalue weighted by Crippen LogP contribution is -2.42. The predicted octanol–water partition coefficient (Wildman–Crippen LogP) is 1.54. The molecule has 19 heavy (non-hydrogen) atoms. The highest BCUT2D eigenvalue weighted by Crippen LogP contribution is 2.07.